The quantitative estimate of drug-likeness (QED) is 0.627. The molecule has 1 aliphatic rings. The Labute approximate surface area is 148 Å². The lowest BCUT2D eigenvalue weighted by atomic mass is 9.95. The predicted octanol–water partition coefficient (Wildman–Crippen LogP) is 3.86. The molecule has 0 N–H and O–H groups in total. The van der Waals surface area contributed by atoms with Crippen LogP contribution in [0.3, 0.4) is 0 Å². The van der Waals surface area contributed by atoms with Gasteiger partial charge in [0.2, 0.25) is 0 Å². The van der Waals surface area contributed by atoms with Gasteiger partial charge in [0.05, 0.1) is 6.61 Å². The van der Waals surface area contributed by atoms with Crippen LogP contribution in [0.25, 0.3) is 0 Å². The normalized spacial score (nSPS) is 27.0. The minimum absolute atomic E-state index is 0.263. The van der Waals surface area contributed by atoms with E-state index in [1.54, 1.807) is 6.08 Å². The molecule has 1 saturated heterocycles. The van der Waals surface area contributed by atoms with Gasteiger partial charge in [-0.25, -0.2) is 4.79 Å². The third-order valence-electron chi connectivity index (χ3n) is 4.42. The number of rotatable bonds is 4. The zero-order valence-electron chi connectivity index (χ0n) is 14.2. The molecular formula is C21H22O4. The van der Waals surface area contributed by atoms with Gasteiger partial charge in [-0.05, 0) is 11.1 Å². The number of hydrogen-bond acceptors (Lipinski definition) is 4. The van der Waals surface area contributed by atoms with Crippen LogP contribution in [-0.2, 0) is 19.0 Å². The van der Waals surface area contributed by atoms with Gasteiger partial charge in [0.15, 0.2) is 12.2 Å². The molecule has 0 radical (unpaired) electrons. The number of methoxy groups -OCH3 is 1. The number of ether oxygens (including phenoxy) is 3. The van der Waals surface area contributed by atoms with E-state index in [0.29, 0.717) is 6.61 Å². The molecular weight excluding hydrogens is 316 g/mol. The molecule has 130 valence electrons. The van der Waals surface area contributed by atoms with E-state index in [4.69, 9.17) is 14.2 Å². The lowest BCUT2D eigenvalue weighted by molar-refractivity contribution is -0.184. The summed E-state index contributed by atoms with van der Waals surface area (Å²) in [4.78, 5) is 12.7. The van der Waals surface area contributed by atoms with Gasteiger partial charge in [-0.15, -0.1) is 6.58 Å². The van der Waals surface area contributed by atoms with E-state index in [0.717, 1.165) is 11.1 Å². The van der Waals surface area contributed by atoms with Crippen LogP contribution in [0.4, 0.5) is 0 Å². The highest BCUT2D eigenvalue weighted by Gasteiger charge is 2.38. The molecule has 4 heteroatoms. The first-order chi connectivity index (χ1) is 12.2. The molecule has 1 aliphatic heterocycles. The van der Waals surface area contributed by atoms with E-state index < -0.39 is 24.3 Å². The fourth-order valence-corrected chi connectivity index (χ4v) is 3.08. The van der Waals surface area contributed by atoms with Crippen LogP contribution in [0.1, 0.15) is 23.3 Å². The Morgan fingerprint density at radius 1 is 1.00 bits per heavy atom. The van der Waals surface area contributed by atoms with Crippen molar-refractivity contribution >= 4 is 5.97 Å². The minimum Gasteiger partial charge on any atom is -0.452 e. The maximum absolute atomic E-state index is 12.7. The lowest BCUT2D eigenvalue weighted by Crippen LogP contribution is -2.39. The number of benzene rings is 2. The van der Waals surface area contributed by atoms with Crippen LogP contribution < -0.4 is 0 Å². The molecule has 0 aliphatic carbocycles. The third-order valence-corrected chi connectivity index (χ3v) is 4.42. The summed E-state index contributed by atoms with van der Waals surface area (Å²) in [6.45, 7) is 4.13. The van der Waals surface area contributed by atoms with Gasteiger partial charge < -0.3 is 14.2 Å². The van der Waals surface area contributed by atoms with Crippen LogP contribution in [0.2, 0.25) is 0 Å². The van der Waals surface area contributed by atoms with E-state index in [1.165, 1.54) is 7.11 Å². The van der Waals surface area contributed by atoms with E-state index in [-0.39, 0.29) is 5.92 Å². The van der Waals surface area contributed by atoms with Gasteiger partial charge in [-0.2, -0.15) is 0 Å². The topological polar surface area (TPSA) is 44.8 Å². The molecule has 4 atom stereocenters. The molecule has 0 saturated carbocycles. The highest BCUT2D eigenvalue weighted by molar-refractivity contribution is 5.76. The van der Waals surface area contributed by atoms with Gasteiger partial charge in [-0.3, -0.25) is 0 Å². The van der Waals surface area contributed by atoms with Crippen molar-refractivity contribution in [2.75, 3.05) is 13.7 Å². The number of esters is 1. The second kappa shape index (κ2) is 8.10. The summed E-state index contributed by atoms with van der Waals surface area (Å²) in [6, 6.07) is 19.4. The molecule has 3 rings (SSSR count). The summed E-state index contributed by atoms with van der Waals surface area (Å²) in [5.41, 5.74) is 1.85. The molecule has 0 aromatic heterocycles. The molecule has 0 spiro atoms. The average Bonchev–Trinajstić information content (AvgIpc) is 2.66. The zero-order valence-corrected chi connectivity index (χ0v) is 14.2. The molecule has 0 amide bonds. The SMILES string of the molecule is C=C[C@@H]1CO[C@H](c2ccccc2)[C@@H](c2ccccc2)OC(=O)[C@@H]1OC. The van der Waals surface area contributed by atoms with Crippen molar-refractivity contribution in [1.82, 2.24) is 0 Å². The average molecular weight is 338 g/mol. The Kier molecular flexibility index (Phi) is 5.64. The van der Waals surface area contributed by atoms with Crippen LogP contribution in [0.15, 0.2) is 73.3 Å². The fraction of sp³-hybridized carbons (Fsp3) is 0.286. The summed E-state index contributed by atoms with van der Waals surface area (Å²) in [5, 5.41) is 0. The molecule has 2 aromatic rings. The Hall–Kier alpha value is -2.43. The van der Waals surface area contributed by atoms with Crippen LogP contribution >= 0.6 is 0 Å². The highest BCUT2D eigenvalue weighted by atomic mass is 16.6. The first kappa shape index (κ1) is 17.4. The number of carbonyl (C=O) groups excluding carboxylic acids is 1. The molecule has 25 heavy (non-hydrogen) atoms. The largest absolute Gasteiger partial charge is 0.452 e. The van der Waals surface area contributed by atoms with Crippen molar-refractivity contribution in [2.45, 2.75) is 18.3 Å². The first-order valence-corrected chi connectivity index (χ1v) is 8.32. The molecule has 4 nitrogen and oxygen atoms in total. The summed E-state index contributed by atoms with van der Waals surface area (Å²) >= 11 is 0. The van der Waals surface area contributed by atoms with Crippen molar-refractivity contribution in [3.8, 4) is 0 Å². The van der Waals surface area contributed by atoms with Crippen molar-refractivity contribution in [3.05, 3.63) is 84.4 Å². The highest BCUT2D eigenvalue weighted by Crippen LogP contribution is 2.38. The maximum atomic E-state index is 12.7. The van der Waals surface area contributed by atoms with Gasteiger partial charge in [0, 0.05) is 13.0 Å². The van der Waals surface area contributed by atoms with Crippen molar-refractivity contribution in [3.63, 3.8) is 0 Å². The number of cyclic esters (lactones) is 1. The van der Waals surface area contributed by atoms with Gasteiger partial charge in [-0.1, -0.05) is 66.7 Å². The molecule has 1 heterocycles. The van der Waals surface area contributed by atoms with Crippen LogP contribution in [0, 0.1) is 5.92 Å². The maximum Gasteiger partial charge on any atom is 0.336 e. The van der Waals surface area contributed by atoms with Crippen molar-refractivity contribution < 1.29 is 19.0 Å². The van der Waals surface area contributed by atoms with Gasteiger partial charge in [0.1, 0.15) is 6.10 Å². The molecule has 1 fully saturated rings. The van der Waals surface area contributed by atoms with Gasteiger partial charge >= 0.3 is 5.97 Å². The predicted molar refractivity (Wildman–Crippen MR) is 94.9 cm³/mol. The summed E-state index contributed by atoms with van der Waals surface area (Å²) in [6.07, 6.45) is 0.0214. The number of hydrogen-bond donors (Lipinski definition) is 0. The van der Waals surface area contributed by atoms with E-state index >= 15 is 0 Å². The van der Waals surface area contributed by atoms with Crippen molar-refractivity contribution in [2.24, 2.45) is 5.92 Å². The number of carbonyl (C=O) groups is 1. The lowest BCUT2D eigenvalue weighted by Gasteiger charge is -2.34. The molecule has 0 unspecified atom stereocenters. The Balaban J connectivity index is 2.00. The summed E-state index contributed by atoms with van der Waals surface area (Å²) < 4.78 is 17.4. The first-order valence-electron chi connectivity index (χ1n) is 8.32. The fourth-order valence-electron chi connectivity index (χ4n) is 3.08. The van der Waals surface area contributed by atoms with Crippen LogP contribution in [-0.4, -0.2) is 25.8 Å². The summed E-state index contributed by atoms with van der Waals surface area (Å²) in [7, 11) is 1.50. The smallest absolute Gasteiger partial charge is 0.336 e. The molecule has 2 aromatic carbocycles. The van der Waals surface area contributed by atoms with Gasteiger partial charge in [0.25, 0.3) is 0 Å². The second-order valence-electron chi connectivity index (χ2n) is 5.99. The van der Waals surface area contributed by atoms with E-state index in [9.17, 15) is 4.79 Å². The third kappa shape index (κ3) is 3.81. The zero-order chi connectivity index (χ0) is 17.6. The van der Waals surface area contributed by atoms with Crippen LogP contribution in [0.5, 0.6) is 0 Å². The second-order valence-corrected chi connectivity index (χ2v) is 5.99. The monoisotopic (exact) mass is 338 g/mol. The van der Waals surface area contributed by atoms with E-state index in [2.05, 4.69) is 6.58 Å². The Morgan fingerprint density at radius 2 is 1.56 bits per heavy atom. The molecule has 0 bridgehead atoms. The Bertz CT molecular complexity index is 698. The van der Waals surface area contributed by atoms with E-state index in [1.807, 2.05) is 60.7 Å². The minimum atomic E-state index is -0.722. The standard InChI is InChI=1S/C21H22O4/c1-3-15-14-24-18(16-10-6-4-7-11-16)19(17-12-8-5-9-13-17)25-21(22)20(15)23-2/h3-13,15,18-20H,1,14H2,2H3/t15-,18-,19-,20-/m1/s1. The summed E-state index contributed by atoms with van der Waals surface area (Å²) in [5.74, 6) is -0.661. The Morgan fingerprint density at radius 3 is 2.08 bits per heavy atom. The van der Waals surface area contributed by atoms with Crippen molar-refractivity contribution in [1.29, 1.82) is 0 Å².